The van der Waals surface area contributed by atoms with Crippen LogP contribution in [0.3, 0.4) is 0 Å². The molecule has 0 aromatic rings. The first-order chi connectivity index (χ1) is 27.5. The van der Waals surface area contributed by atoms with Crippen LogP contribution in [0.1, 0.15) is 183 Å². The van der Waals surface area contributed by atoms with E-state index in [1.54, 1.807) is 11.8 Å². The van der Waals surface area contributed by atoms with Gasteiger partial charge in [-0.2, -0.15) is 0 Å². The maximum Gasteiger partial charge on any atom is 0.261 e. The SMILES string of the molecule is CC(C)N1CCC(F)(F)C1.CC(C)N1C[C@@H](C)[C@H](F)C1.CC(C)N1C[C@@H](F)[C@@H](C)C1.CC1(F)CC(NC(C)(C)C)C1.CC1CC(NC(C)(C)C)C1.CC1CC(NC(C)(C)C)C1. The zero-order valence-electron chi connectivity index (χ0n) is 43.4. The van der Waals surface area contributed by atoms with Crippen LogP contribution in [0.25, 0.3) is 0 Å². The normalized spacial score (nSPS) is 33.9. The van der Waals surface area contributed by atoms with E-state index < -0.39 is 23.9 Å². The number of hydrogen-bond donors (Lipinski definition) is 3. The Morgan fingerprint density at radius 1 is 0.508 bits per heavy atom. The van der Waals surface area contributed by atoms with Crippen molar-refractivity contribution in [1.82, 2.24) is 30.7 Å². The molecule has 3 aliphatic carbocycles. The van der Waals surface area contributed by atoms with Crippen LogP contribution < -0.4 is 16.0 Å². The molecule has 3 N–H and O–H groups in total. The van der Waals surface area contributed by atoms with Crippen molar-refractivity contribution in [3.63, 3.8) is 0 Å². The van der Waals surface area contributed by atoms with Gasteiger partial charge in [0.1, 0.15) is 18.0 Å². The molecule has 0 aromatic heterocycles. The monoisotopic (exact) mass is 881 g/mol. The van der Waals surface area contributed by atoms with E-state index in [0.29, 0.717) is 61.7 Å². The molecule has 6 fully saturated rings. The molecule has 3 saturated heterocycles. The van der Waals surface area contributed by atoms with Gasteiger partial charge in [-0.05, 0) is 161 Å². The van der Waals surface area contributed by atoms with Crippen LogP contribution in [-0.2, 0) is 0 Å². The zero-order valence-corrected chi connectivity index (χ0v) is 43.4. The maximum atomic E-state index is 13.0. The lowest BCUT2D eigenvalue weighted by atomic mass is 9.78. The molecule has 6 nitrogen and oxygen atoms in total. The van der Waals surface area contributed by atoms with Gasteiger partial charge in [-0.25, -0.2) is 22.0 Å². The number of nitrogens with zero attached hydrogens (tertiary/aromatic N) is 3. The van der Waals surface area contributed by atoms with Crippen molar-refractivity contribution in [2.24, 2.45) is 23.7 Å². The second kappa shape index (κ2) is 24.8. The van der Waals surface area contributed by atoms with Gasteiger partial charge >= 0.3 is 0 Å². The molecular formula is C50H101F5N6. The van der Waals surface area contributed by atoms with Gasteiger partial charge in [0.15, 0.2) is 0 Å². The summed E-state index contributed by atoms with van der Waals surface area (Å²) in [5, 5.41) is 10.5. The Labute approximate surface area is 374 Å². The summed E-state index contributed by atoms with van der Waals surface area (Å²) >= 11 is 0. The van der Waals surface area contributed by atoms with Gasteiger partial charge in [-0.15, -0.1) is 0 Å². The fourth-order valence-corrected chi connectivity index (χ4v) is 8.92. The third-order valence-corrected chi connectivity index (χ3v) is 12.5. The van der Waals surface area contributed by atoms with Crippen LogP contribution in [0, 0.1) is 23.7 Å². The molecular weight excluding hydrogens is 780 g/mol. The Balaban J connectivity index is 0.000000366. The summed E-state index contributed by atoms with van der Waals surface area (Å²) in [4.78, 5) is 6.19. The Kier molecular flexibility index (Phi) is 23.8. The van der Waals surface area contributed by atoms with Crippen molar-refractivity contribution < 1.29 is 22.0 Å². The number of alkyl halides is 5. The van der Waals surface area contributed by atoms with Crippen molar-refractivity contribution in [3.8, 4) is 0 Å². The molecule has 0 radical (unpaired) electrons. The lowest BCUT2D eigenvalue weighted by Gasteiger charge is -2.42. The van der Waals surface area contributed by atoms with Gasteiger partial charge in [-0.3, -0.25) is 14.7 Å². The molecule has 3 aliphatic heterocycles. The van der Waals surface area contributed by atoms with Gasteiger partial charge in [0.05, 0.1) is 6.54 Å². The summed E-state index contributed by atoms with van der Waals surface area (Å²) < 4.78 is 63.8. The first-order valence-electron chi connectivity index (χ1n) is 24.4. The van der Waals surface area contributed by atoms with Crippen LogP contribution >= 0.6 is 0 Å². The van der Waals surface area contributed by atoms with Crippen LogP contribution in [0.4, 0.5) is 22.0 Å². The van der Waals surface area contributed by atoms with Gasteiger partial charge in [-0.1, -0.05) is 27.7 Å². The van der Waals surface area contributed by atoms with E-state index >= 15 is 0 Å². The number of hydrogen-bond acceptors (Lipinski definition) is 6. The zero-order chi connectivity index (χ0) is 47.5. The second-order valence-corrected chi connectivity index (χ2v) is 24.5. The predicted molar refractivity (Wildman–Crippen MR) is 253 cm³/mol. The standard InChI is InChI=1S/C9H18FN.2C9H19N.2C8H16FN.C7H13F2N/c1-8(2,3)11-7-5-9(4,10)6-7;2*1-7-5-8(6-7)10-9(2,3)4;2*1-6(2)10-4-7(3)8(9)5-10;1-6(2)10-4-3-7(8,9)5-10/h7,11H,5-6H2,1-4H3;2*7-8,10H,5-6H2,1-4H3;2*6-8H,4-5H2,1-3H3;6H,3-5H2,1-2H3/t;;;7-,8+;7-,8-;/m...01./s1. The topological polar surface area (TPSA) is 45.8 Å². The highest BCUT2D eigenvalue weighted by Crippen LogP contribution is 2.36. The first-order valence-corrected chi connectivity index (χ1v) is 24.4. The predicted octanol–water partition coefficient (Wildman–Crippen LogP) is 11.7. The molecule has 6 rings (SSSR count). The highest BCUT2D eigenvalue weighted by Gasteiger charge is 2.42. The Hall–Kier alpha value is -0.590. The summed E-state index contributed by atoms with van der Waals surface area (Å²) in [6.45, 7) is 46.0. The van der Waals surface area contributed by atoms with E-state index in [-0.39, 0.29) is 36.4 Å². The number of halogens is 5. The molecule has 0 amide bonds. The molecule has 366 valence electrons. The molecule has 0 bridgehead atoms. The van der Waals surface area contributed by atoms with Gasteiger partial charge in [0, 0.05) is 104 Å². The number of likely N-dealkylation sites (tertiary alicyclic amines) is 3. The molecule has 61 heavy (non-hydrogen) atoms. The highest BCUT2D eigenvalue weighted by molar-refractivity contribution is 4.97. The van der Waals surface area contributed by atoms with Crippen molar-refractivity contribution in [1.29, 1.82) is 0 Å². The molecule has 0 aromatic carbocycles. The summed E-state index contributed by atoms with van der Waals surface area (Å²) in [6, 6.07) is 3.26. The van der Waals surface area contributed by atoms with Crippen LogP contribution in [0.5, 0.6) is 0 Å². The minimum Gasteiger partial charge on any atom is -0.309 e. The van der Waals surface area contributed by atoms with E-state index in [9.17, 15) is 22.0 Å². The summed E-state index contributed by atoms with van der Waals surface area (Å²) in [7, 11) is 0. The largest absolute Gasteiger partial charge is 0.309 e. The average molecular weight is 881 g/mol. The van der Waals surface area contributed by atoms with Gasteiger partial charge < -0.3 is 16.0 Å². The molecule has 0 spiro atoms. The van der Waals surface area contributed by atoms with E-state index in [4.69, 9.17) is 0 Å². The number of rotatable bonds is 6. The average Bonchev–Trinajstić information content (AvgIpc) is 3.69. The van der Waals surface area contributed by atoms with Crippen LogP contribution in [0.15, 0.2) is 0 Å². The molecule has 11 heteroatoms. The second-order valence-electron chi connectivity index (χ2n) is 24.5. The lowest BCUT2D eigenvalue weighted by Crippen LogP contribution is -2.55. The molecule has 3 saturated carbocycles. The van der Waals surface area contributed by atoms with Crippen molar-refractivity contribution >= 4 is 0 Å². The Bertz CT molecular complexity index is 1090. The fourth-order valence-electron chi connectivity index (χ4n) is 8.92. The quantitative estimate of drug-likeness (QED) is 0.231. The van der Waals surface area contributed by atoms with Crippen LogP contribution in [0.2, 0.25) is 0 Å². The smallest absolute Gasteiger partial charge is 0.261 e. The van der Waals surface area contributed by atoms with Gasteiger partial charge in [0.25, 0.3) is 5.92 Å². The van der Waals surface area contributed by atoms with Crippen molar-refractivity contribution in [2.75, 3.05) is 39.3 Å². The summed E-state index contributed by atoms with van der Waals surface area (Å²) in [5.74, 6) is -0.0333. The third kappa shape index (κ3) is 25.6. The minimum atomic E-state index is -2.43. The number of nitrogens with one attached hydrogen (secondary N) is 3. The van der Waals surface area contributed by atoms with Crippen LogP contribution in [-0.4, -0.2) is 131 Å². The van der Waals surface area contributed by atoms with E-state index in [0.717, 1.165) is 37.0 Å². The van der Waals surface area contributed by atoms with Crippen molar-refractivity contribution in [3.05, 3.63) is 0 Å². The third-order valence-electron chi connectivity index (χ3n) is 12.5. The summed E-state index contributed by atoms with van der Waals surface area (Å²) in [6.07, 6.45) is 5.67. The summed E-state index contributed by atoms with van der Waals surface area (Å²) in [5.41, 5.74) is -0.153. The minimum absolute atomic E-state index is 0.0329. The highest BCUT2D eigenvalue weighted by atomic mass is 19.3. The van der Waals surface area contributed by atoms with E-state index in [1.807, 2.05) is 27.7 Å². The molecule has 6 aliphatic rings. The van der Waals surface area contributed by atoms with Crippen molar-refractivity contribution in [2.45, 2.75) is 260 Å². The molecule has 0 unspecified atom stereocenters. The Morgan fingerprint density at radius 3 is 0.984 bits per heavy atom. The van der Waals surface area contributed by atoms with E-state index in [2.05, 4.69) is 130 Å². The Morgan fingerprint density at radius 2 is 0.820 bits per heavy atom. The van der Waals surface area contributed by atoms with Gasteiger partial charge in [0.2, 0.25) is 0 Å². The fraction of sp³-hybridized carbons (Fsp3) is 1.00. The molecule has 3 heterocycles. The first kappa shape index (κ1) is 58.4. The van der Waals surface area contributed by atoms with E-state index in [1.165, 1.54) is 25.7 Å². The maximum absolute atomic E-state index is 13.0. The molecule has 4 atom stereocenters. The lowest BCUT2D eigenvalue weighted by molar-refractivity contribution is 0.00919.